The number of nitrogens with two attached hydrogens (primary N) is 1. The van der Waals surface area contributed by atoms with Gasteiger partial charge in [-0.2, -0.15) is 0 Å². The second-order valence-electron chi connectivity index (χ2n) is 1.54. The Balaban J connectivity index is -0.000000138. The molecule has 0 atom stereocenters. The molecule has 0 unspecified atom stereocenters. The third-order valence-electron chi connectivity index (χ3n) is 0.748. The van der Waals surface area contributed by atoms with Gasteiger partial charge < -0.3 is 11.1 Å². The highest BCUT2D eigenvalue weighted by Crippen LogP contribution is 1.65. The summed E-state index contributed by atoms with van der Waals surface area (Å²) in [6.07, 6.45) is 1.19. The van der Waals surface area contributed by atoms with Crippen LogP contribution in [-0.2, 0) is 0 Å². The van der Waals surface area contributed by atoms with Crippen molar-refractivity contribution >= 4 is 0 Å². The molecule has 0 aromatic heterocycles. The lowest BCUT2D eigenvalue weighted by atomic mass is 10.5. The molecule has 0 rings (SSSR count). The zero-order valence-corrected chi connectivity index (χ0v) is 8.91. The summed E-state index contributed by atoms with van der Waals surface area (Å²) in [6.45, 7) is 12.9. The van der Waals surface area contributed by atoms with Crippen LogP contribution >= 0.6 is 0 Å². The summed E-state index contributed by atoms with van der Waals surface area (Å²) in [5, 5.41) is 3.16. The molecule has 0 saturated carbocycles. The maximum absolute atomic E-state index is 5.21. The van der Waals surface area contributed by atoms with Gasteiger partial charge in [0.05, 0.1) is 0 Å². The summed E-state index contributed by atoms with van der Waals surface area (Å²) in [7, 11) is 0. The van der Waals surface area contributed by atoms with Crippen molar-refractivity contribution in [2.24, 2.45) is 5.73 Å². The smallest absolute Gasteiger partial charge is 0.00744 e. The van der Waals surface area contributed by atoms with Crippen molar-refractivity contribution < 1.29 is 0 Å². The van der Waals surface area contributed by atoms with Crippen LogP contribution in [0.2, 0.25) is 0 Å². The molecule has 0 heterocycles. The predicted octanol–water partition coefficient (Wildman–Crippen LogP) is 2.00. The Morgan fingerprint density at radius 1 is 1.00 bits per heavy atom. The van der Waals surface area contributed by atoms with E-state index in [-0.39, 0.29) is 0 Å². The molecule has 0 spiro atoms. The molecule has 72 valence electrons. The molecule has 0 fully saturated rings. The molecule has 0 aliphatic rings. The summed E-state index contributed by atoms with van der Waals surface area (Å²) in [5.74, 6) is 0. The first-order valence-corrected chi connectivity index (χ1v) is 4.82. The van der Waals surface area contributed by atoms with Crippen molar-refractivity contribution in [1.82, 2.24) is 5.32 Å². The predicted molar refractivity (Wildman–Crippen MR) is 54.9 cm³/mol. The summed E-state index contributed by atoms with van der Waals surface area (Å²) in [6, 6.07) is 0. The summed E-state index contributed by atoms with van der Waals surface area (Å²) >= 11 is 0. The molecule has 0 saturated heterocycles. The zero-order valence-electron chi connectivity index (χ0n) is 8.91. The van der Waals surface area contributed by atoms with E-state index in [0.717, 1.165) is 19.6 Å². The molecule has 2 heteroatoms. The fraction of sp³-hybridized carbons (Fsp3) is 1.00. The van der Waals surface area contributed by atoms with Crippen LogP contribution in [0.25, 0.3) is 0 Å². The summed E-state index contributed by atoms with van der Waals surface area (Å²) in [5.41, 5.74) is 5.21. The Labute approximate surface area is 72.6 Å². The van der Waals surface area contributed by atoms with E-state index in [1.165, 1.54) is 6.42 Å². The van der Waals surface area contributed by atoms with Crippen LogP contribution in [0, 0.1) is 0 Å². The van der Waals surface area contributed by atoms with Crippen molar-refractivity contribution in [3.8, 4) is 0 Å². The number of nitrogens with one attached hydrogen (secondary N) is 1. The maximum atomic E-state index is 5.21. The molecule has 0 bridgehead atoms. The minimum atomic E-state index is 0.750. The van der Waals surface area contributed by atoms with E-state index in [1.54, 1.807) is 0 Å². The van der Waals surface area contributed by atoms with E-state index < -0.39 is 0 Å². The zero-order chi connectivity index (χ0) is 9.54. The Kier molecular flexibility index (Phi) is 50.8. The van der Waals surface area contributed by atoms with Crippen LogP contribution < -0.4 is 11.1 Å². The number of hydrogen-bond donors (Lipinski definition) is 2. The Morgan fingerprint density at radius 2 is 1.45 bits per heavy atom. The number of rotatable bonds is 4. The average Bonchev–Trinajstić information content (AvgIpc) is 2.13. The van der Waals surface area contributed by atoms with Crippen LogP contribution in [0.4, 0.5) is 0 Å². The van der Waals surface area contributed by atoms with Gasteiger partial charge in [0.15, 0.2) is 0 Å². The van der Waals surface area contributed by atoms with Crippen molar-refractivity contribution in [3.05, 3.63) is 0 Å². The van der Waals surface area contributed by atoms with Crippen molar-refractivity contribution in [1.29, 1.82) is 0 Å². The monoisotopic (exact) mass is 162 g/mol. The van der Waals surface area contributed by atoms with E-state index in [2.05, 4.69) is 12.2 Å². The highest BCUT2D eigenvalue weighted by atomic mass is 14.9. The largest absolute Gasteiger partial charge is 0.329 e. The minimum absolute atomic E-state index is 0.750. The molecule has 2 nitrogen and oxygen atoms in total. The average molecular weight is 162 g/mol. The molecular formula is C9H26N2. The van der Waals surface area contributed by atoms with Crippen LogP contribution in [-0.4, -0.2) is 19.6 Å². The quantitative estimate of drug-likeness (QED) is 0.620. The van der Waals surface area contributed by atoms with E-state index in [9.17, 15) is 0 Å². The fourth-order valence-electron chi connectivity index (χ4n) is 0.404. The van der Waals surface area contributed by atoms with E-state index in [0.29, 0.717) is 0 Å². The Morgan fingerprint density at radius 3 is 1.73 bits per heavy atom. The Bertz CT molecular complexity index is 26.7. The molecular weight excluding hydrogens is 136 g/mol. The summed E-state index contributed by atoms with van der Waals surface area (Å²) in [4.78, 5) is 0. The summed E-state index contributed by atoms with van der Waals surface area (Å²) < 4.78 is 0. The second-order valence-corrected chi connectivity index (χ2v) is 1.54. The van der Waals surface area contributed by atoms with Crippen molar-refractivity contribution in [2.75, 3.05) is 19.6 Å². The molecule has 11 heavy (non-hydrogen) atoms. The standard InChI is InChI=1S/C5H14N2.2C2H6/c1-2-4-7-5-3-6;2*1-2/h7H,2-6H2,1H3;2*1-2H3. The van der Waals surface area contributed by atoms with Gasteiger partial charge in [0.1, 0.15) is 0 Å². The lowest BCUT2D eigenvalue weighted by molar-refractivity contribution is 0.678. The highest BCUT2D eigenvalue weighted by Gasteiger charge is 1.76. The third kappa shape index (κ3) is 40.5. The van der Waals surface area contributed by atoms with Gasteiger partial charge in [0, 0.05) is 13.1 Å². The molecule has 0 aromatic rings. The van der Waals surface area contributed by atoms with Gasteiger partial charge in [-0.05, 0) is 13.0 Å². The molecule has 3 N–H and O–H groups in total. The van der Waals surface area contributed by atoms with Crippen LogP contribution in [0.3, 0.4) is 0 Å². The molecule has 0 aliphatic heterocycles. The van der Waals surface area contributed by atoms with E-state index >= 15 is 0 Å². The molecule has 0 radical (unpaired) electrons. The van der Waals surface area contributed by atoms with Gasteiger partial charge in [-0.1, -0.05) is 34.6 Å². The molecule has 0 aromatic carbocycles. The number of hydrogen-bond acceptors (Lipinski definition) is 2. The first-order chi connectivity index (χ1) is 5.41. The molecule has 0 aliphatic carbocycles. The van der Waals surface area contributed by atoms with Gasteiger partial charge in [-0.25, -0.2) is 0 Å². The molecule has 0 amide bonds. The van der Waals surface area contributed by atoms with Gasteiger partial charge in [0.2, 0.25) is 0 Å². The normalized spacial score (nSPS) is 7.09. The van der Waals surface area contributed by atoms with Crippen LogP contribution in [0.1, 0.15) is 41.0 Å². The first-order valence-electron chi connectivity index (χ1n) is 4.82. The van der Waals surface area contributed by atoms with Crippen molar-refractivity contribution in [3.63, 3.8) is 0 Å². The maximum Gasteiger partial charge on any atom is 0.00744 e. The van der Waals surface area contributed by atoms with E-state index in [1.807, 2.05) is 27.7 Å². The van der Waals surface area contributed by atoms with Gasteiger partial charge in [-0.15, -0.1) is 0 Å². The van der Waals surface area contributed by atoms with E-state index in [4.69, 9.17) is 5.73 Å². The fourth-order valence-corrected chi connectivity index (χ4v) is 0.404. The lowest BCUT2D eigenvalue weighted by Crippen LogP contribution is -2.22. The van der Waals surface area contributed by atoms with Crippen LogP contribution in [0.5, 0.6) is 0 Å². The Hall–Kier alpha value is -0.0800. The van der Waals surface area contributed by atoms with Gasteiger partial charge in [0.25, 0.3) is 0 Å². The first kappa shape index (κ1) is 17.1. The van der Waals surface area contributed by atoms with Gasteiger partial charge in [-0.3, -0.25) is 0 Å². The van der Waals surface area contributed by atoms with Crippen LogP contribution in [0.15, 0.2) is 0 Å². The third-order valence-corrected chi connectivity index (χ3v) is 0.748. The minimum Gasteiger partial charge on any atom is -0.329 e. The second kappa shape index (κ2) is 32.6. The van der Waals surface area contributed by atoms with Crippen molar-refractivity contribution in [2.45, 2.75) is 41.0 Å². The lowest BCUT2D eigenvalue weighted by Gasteiger charge is -1.95. The highest BCUT2D eigenvalue weighted by molar-refractivity contribution is 4.42. The topological polar surface area (TPSA) is 38.0 Å². The SMILES string of the molecule is CC.CC.CCCNCCN. The van der Waals surface area contributed by atoms with Gasteiger partial charge >= 0.3 is 0 Å².